The molecule has 11 nitrogen and oxygen atoms in total. The van der Waals surface area contributed by atoms with Gasteiger partial charge in [-0.05, 0) is 41.0 Å². The maximum absolute atomic E-state index is 15.2. The van der Waals surface area contributed by atoms with E-state index in [0.717, 1.165) is 12.8 Å². The van der Waals surface area contributed by atoms with Crippen molar-refractivity contribution in [1.82, 2.24) is 45.0 Å². The number of aromatic nitrogens is 10. The van der Waals surface area contributed by atoms with E-state index in [1.54, 1.807) is 18.2 Å². The second-order valence-electron chi connectivity index (χ2n) is 9.03. The van der Waals surface area contributed by atoms with Crippen LogP contribution in [-0.2, 0) is 0 Å². The second-order valence-corrected chi connectivity index (χ2v) is 9.80. The van der Waals surface area contributed by atoms with E-state index >= 15 is 4.39 Å². The Balaban J connectivity index is 1.40. The summed E-state index contributed by atoms with van der Waals surface area (Å²) in [6.07, 6.45) is 8.02. The van der Waals surface area contributed by atoms with Crippen LogP contribution in [0, 0.1) is 16.9 Å². The van der Waals surface area contributed by atoms with E-state index in [-0.39, 0.29) is 32.6 Å². The molecule has 1 aliphatic rings. The van der Waals surface area contributed by atoms with Crippen molar-refractivity contribution in [2.24, 2.45) is 5.92 Å². The van der Waals surface area contributed by atoms with Crippen molar-refractivity contribution in [3.8, 4) is 28.1 Å². The largest absolute Gasteiger partial charge is 0.618 e. The number of hydrogen-bond acceptors (Lipinski definition) is 7. The minimum absolute atomic E-state index is 0.0495. The van der Waals surface area contributed by atoms with Crippen LogP contribution in [0.3, 0.4) is 0 Å². The third-order valence-corrected chi connectivity index (χ3v) is 7.08. The highest BCUT2D eigenvalue weighted by Gasteiger charge is 2.33. The molecule has 5 aromatic rings. The summed E-state index contributed by atoms with van der Waals surface area (Å²) in [7, 11) is 0. The molecule has 0 spiro atoms. The van der Waals surface area contributed by atoms with E-state index in [1.165, 1.54) is 40.3 Å². The average Bonchev–Trinajstić information content (AvgIpc) is 3.27. The molecule has 200 valence electrons. The molecule has 1 aliphatic carbocycles. The minimum Gasteiger partial charge on any atom is -0.618 e. The molecule has 1 saturated carbocycles. The van der Waals surface area contributed by atoms with Gasteiger partial charge in [-0.3, -0.25) is 4.68 Å². The maximum atomic E-state index is 15.2. The Hall–Kier alpha value is -4.04. The van der Waals surface area contributed by atoms with E-state index in [4.69, 9.17) is 23.2 Å². The normalized spacial score (nSPS) is 14.3. The molecule has 0 saturated heterocycles. The molecule has 6 rings (SSSR count). The highest BCUT2D eigenvalue weighted by Crippen LogP contribution is 2.40. The maximum Gasteiger partial charge on any atom is 0.335 e. The zero-order valence-electron chi connectivity index (χ0n) is 19.7. The highest BCUT2D eigenvalue weighted by atomic mass is 35.5. The first-order valence-corrected chi connectivity index (χ1v) is 12.5. The van der Waals surface area contributed by atoms with Crippen molar-refractivity contribution in [2.45, 2.75) is 31.9 Å². The lowest BCUT2D eigenvalue weighted by molar-refractivity contribution is -0.615. The summed E-state index contributed by atoms with van der Waals surface area (Å²) in [5, 5.41) is 35.3. The van der Waals surface area contributed by atoms with Crippen LogP contribution in [0.1, 0.15) is 37.5 Å². The average molecular weight is 577 g/mol. The molecule has 16 heteroatoms. The molecular formula is C23H17Cl2F3N10O. The second kappa shape index (κ2) is 9.93. The lowest BCUT2D eigenvalue weighted by Crippen LogP contribution is -2.35. The number of pyridine rings is 1. The van der Waals surface area contributed by atoms with E-state index in [2.05, 4.69) is 30.9 Å². The summed E-state index contributed by atoms with van der Waals surface area (Å²) < 4.78 is 45.9. The number of hydrogen-bond donors (Lipinski definition) is 0. The Bertz CT molecular complexity index is 1650. The van der Waals surface area contributed by atoms with Crippen LogP contribution < -0.4 is 4.73 Å². The van der Waals surface area contributed by atoms with Gasteiger partial charge in [0, 0.05) is 17.8 Å². The van der Waals surface area contributed by atoms with Crippen LogP contribution in [0.5, 0.6) is 0 Å². The topological polar surface area (TPSA) is 119 Å². The molecule has 1 aromatic carbocycles. The van der Waals surface area contributed by atoms with E-state index in [1.807, 2.05) is 0 Å². The van der Waals surface area contributed by atoms with Crippen molar-refractivity contribution in [2.75, 3.05) is 0 Å². The first kappa shape index (κ1) is 25.2. The molecule has 1 atom stereocenters. The van der Waals surface area contributed by atoms with Gasteiger partial charge in [-0.25, -0.2) is 4.39 Å². The number of benzene rings is 1. The van der Waals surface area contributed by atoms with E-state index in [0.29, 0.717) is 33.1 Å². The number of halogens is 5. The van der Waals surface area contributed by atoms with Gasteiger partial charge in [-0.1, -0.05) is 41.3 Å². The van der Waals surface area contributed by atoms with Gasteiger partial charge < -0.3 is 5.21 Å². The summed E-state index contributed by atoms with van der Waals surface area (Å²) in [4.78, 5) is 0. The van der Waals surface area contributed by atoms with Gasteiger partial charge in [-0.15, -0.1) is 10.2 Å². The molecule has 1 fully saturated rings. The molecular weight excluding hydrogens is 560 g/mol. The van der Waals surface area contributed by atoms with Crippen molar-refractivity contribution >= 4 is 23.2 Å². The zero-order valence-corrected chi connectivity index (χ0v) is 21.3. The Morgan fingerprint density at radius 3 is 2.62 bits per heavy atom. The lowest BCUT2D eigenvalue weighted by atomic mass is 10.0. The van der Waals surface area contributed by atoms with Gasteiger partial charge in [0.1, 0.15) is 18.1 Å². The molecule has 0 aliphatic heterocycles. The lowest BCUT2D eigenvalue weighted by Gasteiger charge is -2.18. The summed E-state index contributed by atoms with van der Waals surface area (Å²) in [5.74, 6) is -0.360. The van der Waals surface area contributed by atoms with Crippen LogP contribution in [0.2, 0.25) is 10.2 Å². The van der Waals surface area contributed by atoms with Crippen molar-refractivity contribution < 1.29 is 17.9 Å². The van der Waals surface area contributed by atoms with E-state index in [9.17, 15) is 14.0 Å². The van der Waals surface area contributed by atoms with Crippen LogP contribution in [0.4, 0.5) is 13.2 Å². The molecule has 0 radical (unpaired) electrons. The van der Waals surface area contributed by atoms with Crippen LogP contribution in [-0.4, -0.2) is 45.0 Å². The Labute approximate surface area is 228 Å². The van der Waals surface area contributed by atoms with E-state index < -0.39 is 18.4 Å². The van der Waals surface area contributed by atoms with Gasteiger partial charge in [0.05, 0.1) is 28.0 Å². The van der Waals surface area contributed by atoms with Gasteiger partial charge in [0.15, 0.2) is 17.2 Å². The van der Waals surface area contributed by atoms with Crippen LogP contribution in [0.25, 0.3) is 28.1 Å². The first-order valence-electron chi connectivity index (χ1n) is 11.7. The van der Waals surface area contributed by atoms with Crippen molar-refractivity contribution in [3.63, 3.8) is 0 Å². The number of alkyl halides is 2. The van der Waals surface area contributed by atoms with Gasteiger partial charge in [-0.2, -0.15) is 28.0 Å². The number of nitrogens with zero attached hydrogens (tertiary/aromatic N) is 10. The Morgan fingerprint density at radius 2 is 1.92 bits per heavy atom. The SMILES string of the molecule is [O-][n+]1cc(-c2c(-n3cnnn3)ccc(Cl)c2F)ccc1C(CC1CC1)n1cc(-c2c(Cl)nnn2C(F)F)cn1. The molecule has 4 heterocycles. The summed E-state index contributed by atoms with van der Waals surface area (Å²) in [6, 6.07) is 5.57. The number of rotatable bonds is 8. The molecule has 0 amide bonds. The van der Waals surface area contributed by atoms with Crippen LogP contribution >= 0.6 is 23.2 Å². The fourth-order valence-corrected chi connectivity index (χ4v) is 4.89. The summed E-state index contributed by atoms with van der Waals surface area (Å²) >= 11 is 12.1. The van der Waals surface area contributed by atoms with Crippen molar-refractivity contribution in [1.29, 1.82) is 0 Å². The fraction of sp³-hybridized carbons (Fsp3) is 0.261. The van der Waals surface area contributed by atoms with Gasteiger partial charge in [0.2, 0.25) is 5.69 Å². The molecule has 0 bridgehead atoms. The summed E-state index contributed by atoms with van der Waals surface area (Å²) in [6.45, 7) is -2.95. The molecule has 39 heavy (non-hydrogen) atoms. The number of tetrazole rings is 1. The molecule has 1 unspecified atom stereocenters. The monoisotopic (exact) mass is 576 g/mol. The predicted octanol–water partition coefficient (Wildman–Crippen LogP) is 4.65. The third kappa shape index (κ3) is 4.69. The molecule has 0 N–H and O–H groups in total. The van der Waals surface area contributed by atoms with Crippen molar-refractivity contribution in [3.05, 3.63) is 76.1 Å². The third-order valence-electron chi connectivity index (χ3n) is 6.53. The highest BCUT2D eigenvalue weighted by molar-refractivity contribution is 6.31. The standard InChI is InChI=1S/C23H17Cl2F3N10O/c24-15-4-6-17(36-11-29-32-34-36)19(20(15)26)13-3-5-16(37(39)10-13)18(7-12-1-2-12)35-9-14(8-30-35)21-22(25)31-33-38(21)23(27)28/h3-6,8-12,18,23H,1-2,7H2. The first-order chi connectivity index (χ1) is 18.8. The predicted molar refractivity (Wildman–Crippen MR) is 132 cm³/mol. The molecule has 4 aromatic heterocycles. The van der Waals surface area contributed by atoms with Gasteiger partial charge >= 0.3 is 6.55 Å². The summed E-state index contributed by atoms with van der Waals surface area (Å²) in [5.41, 5.74) is 1.12. The Kier molecular flexibility index (Phi) is 6.43. The van der Waals surface area contributed by atoms with Gasteiger partial charge in [0.25, 0.3) is 0 Å². The zero-order chi connectivity index (χ0) is 27.3. The quantitative estimate of drug-likeness (QED) is 0.195. The smallest absolute Gasteiger partial charge is 0.335 e. The fourth-order valence-electron chi connectivity index (χ4n) is 4.50. The Morgan fingerprint density at radius 1 is 1.10 bits per heavy atom. The van der Waals surface area contributed by atoms with Crippen LogP contribution in [0.15, 0.2) is 49.2 Å². The minimum atomic E-state index is -2.95.